The van der Waals surface area contributed by atoms with Crippen molar-refractivity contribution >= 4 is 17.5 Å². The first kappa shape index (κ1) is 29.6. The van der Waals surface area contributed by atoms with E-state index in [4.69, 9.17) is 18.9 Å². The lowest BCUT2D eigenvalue weighted by molar-refractivity contribution is -0.384. The second kappa shape index (κ2) is 12.7. The van der Waals surface area contributed by atoms with Gasteiger partial charge in [-0.2, -0.15) is 0 Å². The number of carbonyl (C=O) groups is 2. The molecule has 16 nitrogen and oxygen atoms in total. The fraction of sp³-hybridized carbons (Fsp3) is 0.636. The molecule has 2 fully saturated rings. The van der Waals surface area contributed by atoms with Crippen LogP contribution in [0.25, 0.3) is 0 Å². The molecule has 0 bridgehead atoms. The summed E-state index contributed by atoms with van der Waals surface area (Å²) >= 11 is 0. The van der Waals surface area contributed by atoms with E-state index in [0.717, 1.165) is 6.92 Å². The number of aliphatic hydroxyl groups is 5. The van der Waals surface area contributed by atoms with Crippen LogP contribution in [-0.4, -0.2) is 117 Å². The van der Waals surface area contributed by atoms with E-state index in [0.29, 0.717) is 0 Å². The summed E-state index contributed by atoms with van der Waals surface area (Å²) < 4.78 is 22.9. The zero-order valence-corrected chi connectivity index (χ0v) is 20.4. The summed E-state index contributed by atoms with van der Waals surface area (Å²) in [7, 11) is 0. The number of nitro benzene ring substituents is 1. The first-order valence-electron chi connectivity index (χ1n) is 11.6. The van der Waals surface area contributed by atoms with E-state index in [-0.39, 0.29) is 11.4 Å². The molecule has 2 heterocycles. The minimum atomic E-state index is -1.65. The Hall–Kier alpha value is -2.96. The predicted molar refractivity (Wildman–Crippen MR) is 123 cm³/mol. The largest absolute Gasteiger partial charge is 0.463 e. The van der Waals surface area contributed by atoms with Crippen LogP contribution in [0.4, 0.5) is 5.69 Å². The highest BCUT2D eigenvalue weighted by atomic mass is 16.7. The van der Waals surface area contributed by atoms with E-state index in [2.05, 4.69) is 10.6 Å². The van der Waals surface area contributed by atoms with Crippen molar-refractivity contribution in [1.29, 1.82) is 0 Å². The number of nitrogens with zero attached hydrogens (tertiary/aromatic N) is 1. The lowest BCUT2D eigenvalue weighted by atomic mass is 9.94. The van der Waals surface area contributed by atoms with Crippen LogP contribution in [0.15, 0.2) is 24.3 Å². The van der Waals surface area contributed by atoms with E-state index in [1.807, 2.05) is 0 Å². The molecule has 38 heavy (non-hydrogen) atoms. The summed E-state index contributed by atoms with van der Waals surface area (Å²) in [5, 5.41) is 67.0. The second-order valence-corrected chi connectivity index (χ2v) is 8.84. The summed E-state index contributed by atoms with van der Waals surface area (Å²) in [5.74, 6) is -1.11. The number of hydrogen-bond donors (Lipinski definition) is 7. The van der Waals surface area contributed by atoms with Gasteiger partial charge < -0.3 is 55.1 Å². The highest BCUT2D eigenvalue weighted by Crippen LogP contribution is 2.31. The van der Waals surface area contributed by atoms with Crippen molar-refractivity contribution in [2.24, 2.45) is 0 Å². The van der Waals surface area contributed by atoms with Gasteiger partial charge in [-0.1, -0.05) is 0 Å². The zero-order chi connectivity index (χ0) is 28.1. The van der Waals surface area contributed by atoms with Gasteiger partial charge in [-0.3, -0.25) is 19.7 Å². The molecule has 2 saturated heterocycles. The van der Waals surface area contributed by atoms with Gasteiger partial charge in [-0.05, 0) is 12.1 Å². The van der Waals surface area contributed by atoms with Gasteiger partial charge in [0, 0.05) is 26.0 Å². The highest BCUT2D eigenvalue weighted by Gasteiger charge is 2.52. The van der Waals surface area contributed by atoms with Crippen molar-refractivity contribution in [2.45, 2.75) is 75.1 Å². The van der Waals surface area contributed by atoms with Gasteiger partial charge in [0.2, 0.25) is 18.1 Å². The lowest BCUT2D eigenvalue weighted by Crippen LogP contribution is -2.70. The number of aliphatic hydroxyl groups excluding tert-OH is 5. The molecule has 10 atom stereocenters. The predicted octanol–water partition coefficient (Wildman–Crippen LogP) is -3.11. The Morgan fingerprint density at radius 3 is 1.95 bits per heavy atom. The number of benzene rings is 1. The first-order chi connectivity index (χ1) is 18.0. The summed E-state index contributed by atoms with van der Waals surface area (Å²) in [6.45, 7) is 0.883. The number of nitrogens with one attached hydrogen (secondary N) is 2. The molecular formula is C22H31N3O13. The molecule has 2 aliphatic heterocycles. The number of nitro groups is 1. The molecule has 1 aromatic rings. The van der Waals surface area contributed by atoms with Crippen LogP contribution >= 0.6 is 0 Å². The fourth-order valence-electron chi connectivity index (χ4n) is 4.24. The molecular weight excluding hydrogens is 514 g/mol. The van der Waals surface area contributed by atoms with Crippen LogP contribution in [0, 0.1) is 10.1 Å². The molecule has 7 N–H and O–H groups in total. The van der Waals surface area contributed by atoms with Gasteiger partial charge in [0.15, 0.2) is 6.29 Å². The standard InChI is InChI=1S/C22H31N3O13/c1-9(28)23-15-19(32)17(30)13(7-26)36-21(15)38-20-16(24-10(2)29)22(37-14(8-27)18(20)31)35-12-5-3-11(4-6-12)25(33)34/h3-6,13-22,26-27,30-32H,7-8H2,1-2H3,(H,23,28)(H,24,29)/t13?,14?,15-,16-,17+,18-,19?,20?,21-,22-/m0/s1. The van der Waals surface area contributed by atoms with Crippen LogP contribution < -0.4 is 15.4 Å². The Morgan fingerprint density at radius 1 is 0.895 bits per heavy atom. The van der Waals surface area contributed by atoms with Crippen LogP contribution in [0.2, 0.25) is 0 Å². The van der Waals surface area contributed by atoms with Gasteiger partial charge in [-0.15, -0.1) is 0 Å². The molecule has 2 aliphatic rings. The Kier molecular flexibility index (Phi) is 9.91. The highest BCUT2D eigenvalue weighted by molar-refractivity contribution is 5.73. The quantitative estimate of drug-likeness (QED) is 0.120. The SMILES string of the molecule is CC(=O)N[C@H]1C(O)[C@H](O)C(CO)O[C@H]1OC1[C@@H](O)C(CO)O[C@H](Oc2ccc([N+](=O)[O-])cc2)[C@H]1NC(C)=O. The molecule has 0 aromatic heterocycles. The molecule has 0 radical (unpaired) electrons. The average molecular weight is 545 g/mol. The molecule has 0 saturated carbocycles. The number of hydrogen-bond acceptors (Lipinski definition) is 13. The molecule has 4 unspecified atom stereocenters. The van der Waals surface area contributed by atoms with Gasteiger partial charge >= 0.3 is 0 Å². The summed E-state index contributed by atoms with van der Waals surface area (Å²) in [6.07, 6.45) is -11.9. The van der Waals surface area contributed by atoms with E-state index >= 15 is 0 Å². The van der Waals surface area contributed by atoms with Crippen LogP contribution in [0.5, 0.6) is 5.75 Å². The van der Waals surface area contributed by atoms with Crippen molar-refractivity contribution in [3.8, 4) is 5.75 Å². The van der Waals surface area contributed by atoms with Gasteiger partial charge in [-0.25, -0.2) is 0 Å². The minimum absolute atomic E-state index is 0.0895. The monoisotopic (exact) mass is 545 g/mol. The van der Waals surface area contributed by atoms with E-state index in [1.165, 1.54) is 31.2 Å². The van der Waals surface area contributed by atoms with Crippen molar-refractivity contribution in [3.05, 3.63) is 34.4 Å². The Balaban J connectivity index is 1.93. The van der Waals surface area contributed by atoms with E-state index in [1.54, 1.807) is 0 Å². The zero-order valence-electron chi connectivity index (χ0n) is 20.4. The topological polar surface area (TPSA) is 239 Å². The summed E-state index contributed by atoms with van der Waals surface area (Å²) in [5.41, 5.74) is -0.206. The first-order valence-corrected chi connectivity index (χ1v) is 11.6. The number of carbonyl (C=O) groups excluding carboxylic acids is 2. The number of amides is 2. The Labute approximate surface area is 216 Å². The van der Waals surface area contributed by atoms with Gasteiger partial charge in [0.1, 0.15) is 54.5 Å². The average Bonchev–Trinajstić information content (AvgIpc) is 2.86. The molecule has 2 amide bonds. The smallest absolute Gasteiger partial charge is 0.269 e. The van der Waals surface area contributed by atoms with Crippen molar-refractivity contribution < 1.29 is 59.0 Å². The van der Waals surface area contributed by atoms with Crippen molar-refractivity contribution in [3.63, 3.8) is 0 Å². The fourth-order valence-corrected chi connectivity index (χ4v) is 4.24. The molecule has 212 valence electrons. The lowest BCUT2D eigenvalue weighted by Gasteiger charge is -2.48. The summed E-state index contributed by atoms with van der Waals surface area (Å²) in [4.78, 5) is 34.1. The maximum Gasteiger partial charge on any atom is 0.269 e. The van der Waals surface area contributed by atoms with Crippen LogP contribution in [0.1, 0.15) is 13.8 Å². The van der Waals surface area contributed by atoms with Crippen LogP contribution in [-0.2, 0) is 23.8 Å². The summed E-state index contributed by atoms with van der Waals surface area (Å²) in [6, 6.07) is 2.27. The van der Waals surface area contributed by atoms with E-state index < -0.39 is 91.2 Å². The number of ether oxygens (including phenoxy) is 4. The third-order valence-corrected chi connectivity index (χ3v) is 6.07. The Morgan fingerprint density at radius 2 is 1.42 bits per heavy atom. The van der Waals surface area contributed by atoms with Crippen LogP contribution in [0.3, 0.4) is 0 Å². The molecule has 0 spiro atoms. The van der Waals surface area contributed by atoms with E-state index in [9.17, 15) is 45.2 Å². The number of non-ortho nitro benzene ring substituents is 1. The maximum atomic E-state index is 12.1. The van der Waals surface area contributed by atoms with Gasteiger partial charge in [0.05, 0.1) is 18.1 Å². The molecule has 16 heteroatoms. The Bertz CT molecular complexity index is 980. The second-order valence-electron chi connectivity index (χ2n) is 8.84. The normalized spacial score (nSPS) is 35.2. The van der Waals surface area contributed by atoms with Crippen molar-refractivity contribution in [2.75, 3.05) is 13.2 Å². The molecule has 0 aliphatic carbocycles. The molecule has 3 rings (SSSR count). The maximum absolute atomic E-state index is 12.1. The number of rotatable bonds is 9. The van der Waals surface area contributed by atoms with Crippen molar-refractivity contribution in [1.82, 2.24) is 10.6 Å². The minimum Gasteiger partial charge on any atom is -0.463 e. The van der Waals surface area contributed by atoms with Gasteiger partial charge in [0.25, 0.3) is 5.69 Å². The molecule has 1 aromatic carbocycles. The third kappa shape index (κ3) is 6.72. The third-order valence-electron chi connectivity index (χ3n) is 6.07.